The number of hydrogen-bond donors (Lipinski definition) is 11. The zero-order valence-corrected chi connectivity index (χ0v) is 40.6. The van der Waals surface area contributed by atoms with Crippen molar-refractivity contribution in [1.29, 1.82) is 0 Å². The Labute approximate surface area is 411 Å². The molecule has 1 spiro atoms. The number of nitrogens with one attached hydrogen (secondary N) is 2. The van der Waals surface area contributed by atoms with Crippen LogP contribution in [-0.2, 0) is 35.2 Å². The Morgan fingerprint density at radius 3 is 2.54 bits per heavy atom. The van der Waals surface area contributed by atoms with Crippen molar-refractivity contribution >= 4 is 23.6 Å². The predicted octanol–water partition coefficient (Wildman–Crippen LogP) is 3.09. The number of aryl methyl sites for hydroxylation is 1. The molecule has 9 atom stereocenters. The van der Waals surface area contributed by atoms with Gasteiger partial charge in [0.25, 0.3) is 0 Å². The van der Waals surface area contributed by atoms with E-state index < -0.39 is 103 Å². The van der Waals surface area contributed by atoms with Crippen LogP contribution in [0, 0.1) is 29.6 Å². The number of benzene rings is 3. The standard InChI is InChI=1S/C51H66N4O16/c1-6-28-11-9-12-29(22-28)15-20-67-42-38(57)36-31(41(66-5)39(42)58)14-17-51(48(64)70-45(36)62)47(63)50(65)16-10-13-30-23-33-37(55-27(4)32(30)21-26(2)3)34(44(60)61)24-35(40(33)69-46(71-51)43(50)59)68-25-54-49(52)53-18-7-8-19-56/h9,11-12,22,24,26-27,30,32,43,46-48,55-59,63-65H,6-8,14-21,23,25H2,1-5H3,(H,60,61)(H3,52,53,54)/t27-,30+,32+,43-,46+,47-,48+,50+,51-/m0/s1. The summed E-state index contributed by atoms with van der Waals surface area (Å²) in [5.74, 6) is 0.430. The van der Waals surface area contributed by atoms with Gasteiger partial charge in [0.05, 0.1) is 25.0 Å². The van der Waals surface area contributed by atoms with E-state index in [-0.39, 0.29) is 83.1 Å². The molecule has 4 aliphatic rings. The number of hydrogen-bond acceptors (Lipinski definition) is 17. The number of fused-ring (bicyclic) bond motifs is 4. The first-order chi connectivity index (χ1) is 33.9. The van der Waals surface area contributed by atoms with Gasteiger partial charge in [0.15, 0.2) is 41.3 Å². The van der Waals surface area contributed by atoms with Crippen LogP contribution >= 0.6 is 0 Å². The lowest BCUT2D eigenvalue weighted by atomic mass is 9.71. The number of aliphatic imine (C=N–C) groups is 1. The van der Waals surface area contributed by atoms with Gasteiger partial charge in [0.1, 0.15) is 23.4 Å². The Morgan fingerprint density at radius 1 is 1.07 bits per heavy atom. The fraction of sp³-hybridized carbons (Fsp3) is 0.549. The van der Waals surface area contributed by atoms with Gasteiger partial charge in [-0.15, -0.1) is 0 Å². The number of phenols is 2. The van der Waals surface area contributed by atoms with Gasteiger partial charge >= 0.3 is 11.9 Å². The van der Waals surface area contributed by atoms with Gasteiger partial charge in [-0.1, -0.05) is 56.9 Å². The number of rotatable bonds is 16. The first-order valence-corrected chi connectivity index (χ1v) is 24.0. The number of nitrogens with two attached hydrogens (primary N) is 1. The number of carboxylic acids is 1. The molecule has 0 saturated carbocycles. The highest BCUT2D eigenvalue weighted by Crippen LogP contribution is 2.53. The van der Waals surface area contributed by atoms with Crippen molar-refractivity contribution in [3.05, 3.63) is 63.7 Å². The summed E-state index contributed by atoms with van der Waals surface area (Å²) < 4.78 is 36.2. The average Bonchev–Trinajstić information content (AvgIpc) is 3.46. The Balaban J connectivity index is 1.31. The molecule has 20 nitrogen and oxygen atoms in total. The van der Waals surface area contributed by atoms with Crippen LogP contribution in [0.5, 0.6) is 34.5 Å². The van der Waals surface area contributed by atoms with Crippen molar-refractivity contribution < 1.29 is 78.9 Å². The highest BCUT2D eigenvalue weighted by atomic mass is 16.7. The smallest absolute Gasteiger partial charge is 0.344 e. The molecule has 71 heavy (non-hydrogen) atoms. The minimum absolute atomic E-state index is 0.00136. The molecule has 4 heterocycles. The summed E-state index contributed by atoms with van der Waals surface area (Å²) in [7, 11) is 1.21. The van der Waals surface area contributed by atoms with Gasteiger partial charge in [-0.3, -0.25) is 0 Å². The van der Waals surface area contributed by atoms with Crippen LogP contribution in [0.3, 0.4) is 0 Å². The molecule has 3 aromatic rings. The molecular weight excluding hydrogens is 925 g/mol. The number of aliphatic hydroxyl groups excluding tert-OH is 4. The molecule has 7 rings (SSSR count). The summed E-state index contributed by atoms with van der Waals surface area (Å²) in [6.45, 7) is 7.92. The topological polar surface area (TPSA) is 314 Å². The molecular formula is C51H66N4O16. The Kier molecular flexibility index (Phi) is 16.3. The Morgan fingerprint density at radius 2 is 1.83 bits per heavy atom. The molecule has 0 amide bonds. The van der Waals surface area contributed by atoms with Crippen molar-refractivity contribution in [2.75, 3.05) is 38.9 Å². The third-order valence-electron chi connectivity index (χ3n) is 13.9. The number of methoxy groups -OCH3 is 1. The molecule has 20 heteroatoms. The number of cyclic esters (lactones) is 1. The number of anilines is 1. The minimum atomic E-state index is -2.68. The van der Waals surface area contributed by atoms with E-state index in [1.165, 1.54) is 13.2 Å². The highest BCUT2D eigenvalue weighted by Gasteiger charge is 2.66. The lowest BCUT2D eigenvalue weighted by molar-refractivity contribution is -0.381. The Bertz CT molecular complexity index is 2540. The summed E-state index contributed by atoms with van der Waals surface area (Å²) in [6.07, 6.45) is -7.43. The summed E-state index contributed by atoms with van der Waals surface area (Å²) in [4.78, 5) is 31.5. The number of carboxylic acid groups (broad SMARTS) is 1. The summed E-state index contributed by atoms with van der Waals surface area (Å²) >= 11 is 0. The van der Waals surface area contributed by atoms with Crippen molar-refractivity contribution in [1.82, 2.24) is 5.32 Å². The molecule has 1 fully saturated rings. The van der Waals surface area contributed by atoms with Gasteiger partial charge in [-0.25, -0.2) is 14.6 Å². The summed E-state index contributed by atoms with van der Waals surface area (Å²) in [5, 5.41) is 98.4. The molecule has 4 bridgehead atoms. The number of aliphatic hydroxyl groups is 5. The number of unbranched alkanes of at least 4 members (excludes halogenated alkanes) is 1. The number of phenolic OH excluding ortho intramolecular Hbond substituents is 2. The molecule has 0 aromatic heterocycles. The SMILES string of the molecule is CCc1cccc(CCOc2c(O)c(OC)c3c(c2O)C(=O)O[C@@H](O)[C@@]2(CC3)O[C@H]3Oc4c(OCN=C(N)NCCCCO)cc(C(=O)O)c5c4C[C@@H](C#CC[C@@](O)([C@H]3O)[C@@H]2O)[C@H](CC(C)C)[C@H](C)N5)c1. The minimum Gasteiger partial charge on any atom is -0.504 e. The first kappa shape index (κ1) is 52.6. The van der Waals surface area contributed by atoms with E-state index in [9.17, 15) is 45.3 Å². The quantitative estimate of drug-likeness (QED) is 0.0323. The van der Waals surface area contributed by atoms with Crippen molar-refractivity contribution in [3.63, 3.8) is 0 Å². The second kappa shape index (κ2) is 22.1. The zero-order valence-electron chi connectivity index (χ0n) is 40.6. The third kappa shape index (κ3) is 10.6. The van der Waals surface area contributed by atoms with E-state index in [4.69, 9.17) is 39.3 Å². The number of esters is 1. The number of carbonyl (C=O) groups is 2. The number of carbonyl (C=O) groups excluding carboxylic acids is 1. The maximum Gasteiger partial charge on any atom is 0.344 e. The van der Waals surface area contributed by atoms with Gasteiger partial charge in [-0.05, 0) is 74.8 Å². The maximum absolute atomic E-state index is 14.2. The van der Waals surface area contributed by atoms with E-state index in [1.54, 1.807) is 0 Å². The van der Waals surface area contributed by atoms with E-state index in [2.05, 4.69) is 27.5 Å². The number of guanidine groups is 1. The van der Waals surface area contributed by atoms with Crippen molar-refractivity contribution in [2.24, 2.45) is 28.5 Å². The van der Waals surface area contributed by atoms with Gasteiger partial charge in [0, 0.05) is 55.1 Å². The number of aromatic hydroxyl groups is 2. The van der Waals surface area contributed by atoms with Crippen LogP contribution in [-0.4, -0.2) is 134 Å². The summed E-state index contributed by atoms with van der Waals surface area (Å²) in [6, 6.07) is 8.66. The lowest BCUT2D eigenvalue weighted by Crippen LogP contribution is -2.75. The lowest BCUT2D eigenvalue weighted by Gasteiger charge is -2.54. The Hall–Kier alpha value is -6.21. The van der Waals surface area contributed by atoms with Crippen LogP contribution in [0.15, 0.2) is 35.3 Å². The average molecular weight is 991 g/mol. The highest BCUT2D eigenvalue weighted by molar-refractivity contribution is 5.98. The molecule has 0 radical (unpaired) electrons. The maximum atomic E-state index is 14.2. The number of nitrogens with zero attached hydrogens (tertiary/aromatic N) is 1. The van der Waals surface area contributed by atoms with Crippen LogP contribution in [0.2, 0.25) is 0 Å². The van der Waals surface area contributed by atoms with Gasteiger partial charge in [-0.2, -0.15) is 0 Å². The van der Waals surface area contributed by atoms with Crippen LogP contribution in [0.4, 0.5) is 5.69 Å². The second-order valence-corrected chi connectivity index (χ2v) is 19.0. The molecule has 4 aliphatic heterocycles. The van der Waals surface area contributed by atoms with Crippen LogP contribution in [0.25, 0.3) is 0 Å². The molecule has 1 saturated heterocycles. The van der Waals surface area contributed by atoms with Crippen molar-refractivity contribution in [2.45, 2.75) is 128 Å². The molecule has 0 aliphatic carbocycles. The largest absolute Gasteiger partial charge is 0.504 e. The molecule has 3 aromatic carbocycles. The van der Waals surface area contributed by atoms with E-state index >= 15 is 0 Å². The van der Waals surface area contributed by atoms with E-state index in [1.807, 2.05) is 52.0 Å². The fourth-order valence-corrected chi connectivity index (χ4v) is 10.1. The van der Waals surface area contributed by atoms with E-state index in [0.717, 1.165) is 17.5 Å². The van der Waals surface area contributed by atoms with Gasteiger partial charge < -0.3 is 85.6 Å². The second-order valence-electron chi connectivity index (χ2n) is 19.0. The van der Waals surface area contributed by atoms with Gasteiger partial charge in [0.2, 0.25) is 24.1 Å². The third-order valence-corrected chi connectivity index (χ3v) is 13.9. The van der Waals surface area contributed by atoms with Crippen molar-refractivity contribution in [3.8, 4) is 46.3 Å². The summed E-state index contributed by atoms with van der Waals surface area (Å²) in [5.41, 5.74) is 2.48. The predicted molar refractivity (Wildman–Crippen MR) is 257 cm³/mol. The van der Waals surface area contributed by atoms with Crippen LogP contribution in [0.1, 0.15) is 103 Å². The van der Waals surface area contributed by atoms with Crippen LogP contribution < -0.4 is 35.3 Å². The molecule has 0 unspecified atom stereocenters. The number of aromatic carboxylic acids is 1. The zero-order chi connectivity index (χ0) is 51.4. The fourth-order valence-electron chi connectivity index (χ4n) is 10.1. The molecule has 386 valence electrons. The monoisotopic (exact) mass is 990 g/mol. The molecule has 12 N–H and O–H groups in total. The van der Waals surface area contributed by atoms with E-state index in [0.29, 0.717) is 32.2 Å². The normalized spacial score (nSPS) is 26.9. The first-order valence-electron chi connectivity index (χ1n) is 24.0. The number of ether oxygens (including phenoxy) is 6.